The summed E-state index contributed by atoms with van der Waals surface area (Å²) in [5.74, 6) is 0.744. The molecule has 0 saturated carbocycles. The maximum absolute atomic E-state index is 11.8. The summed E-state index contributed by atoms with van der Waals surface area (Å²) >= 11 is 0. The highest BCUT2D eigenvalue weighted by Crippen LogP contribution is 2.12. The van der Waals surface area contributed by atoms with Gasteiger partial charge in [-0.15, -0.1) is 0 Å². The molecule has 1 rings (SSSR count). The van der Waals surface area contributed by atoms with Crippen molar-refractivity contribution >= 4 is 5.91 Å². The first-order valence-corrected chi connectivity index (χ1v) is 6.14. The molecule has 1 aliphatic heterocycles. The molecule has 3 heteroatoms. The predicted octanol–water partition coefficient (Wildman–Crippen LogP) is 1.76. The summed E-state index contributed by atoms with van der Waals surface area (Å²) in [5.41, 5.74) is 6.01. The molecule has 0 aliphatic carbocycles. The summed E-state index contributed by atoms with van der Waals surface area (Å²) < 4.78 is 0. The molecule has 1 atom stereocenters. The minimum absolute atomic E-state index is 0.119. The summed E-state index contributed by atoms with van der Waals surface area (Å²) in [6.45, 7) is 5.86. The van der Waals surface area contributed by atoms with E-state index in [1.807, 2.05) is 4.90 Å². The minimum atomic E-state index is 0.119. The maximum atomic E-state index is 11.8. The van der Waals surface area contributed by atoms with Crippen LogP contribution >= 0.6 is 0 Å². The summed E-state index contributed by atoms with van der Waals surface area (Å²) in [6, 6.07) is 0.119. The van der Waals surface area contributed by atoms with E-state index < -0.39 is 0 Å². The Morgan fingerprint density at radius 1 is 1.27 bits per heavy atom. The van der Waals surface area contributed by atoms with Gasteiger partial charge in [0, 0.05) is 25.6 Å². The van der Waals surface area contributed by atoms with E-state index in [2.05, 4.69) is 13.8 Å². The van der Waals surface area contributed by atoms with Crippen molar-refractivity contribution in [3.05, 3.63) is 0 Å². The molecule has 0 aromatic rings. The SMILES string of the molecule is CC(C)C(N)CN1CCCCCCC1=O. The molecule has 1 heterocycles. The lowest BCUT2D eigenvalue weighted by molar-refractivity contribution is -0.132. The molecule has 0 radical (unpaired) electrons. The van der Waals surface area contributed by atoms with Crippen molar-refractivity contribution in [2.45, 2.75) is 52.0 Å². The standard InChI is InChI=1S/C12H24N2O/c1-10(2)11(13)9-14-8-6-4-3-5-7-12(14)15/h10-11H,3-9,13H2,1-2H3. The lowest BCUT2D eigenvalue weighted by Crippen LogP contribution is -2.44. The Balaban J connectivity index is 2.45. The number of hydrogen-bond donors (Lipinski definition) is 1. The molecule has 15 heavy (non-hydrogen) atoms. The summed E-state index contributed by atoms with van der Waals surface area (Å²) in [6.07, 6.45) is 5.35. The number of carbonyl (C=O) groups is 1. The molecule has 1 unspecified atom stereocenters. The number of carbonyl (C=O) groups excluding carboxylic acids is 1. The van der Waals surface area contributed by atoms with E-state index in [4.69, 9.17) is 5.73 Å². The number of hydrogen-bond acceptors (Lipinski definition) is 2. The minimum Gasteiger partial charge on any atom is -0.341 e. The van der Waals surface area contributed by atoms with Crippen LogP contribution in [0.3, 0.4) is 0 Å². The van der Waals surface area contributed by atoms with Gasteiger partial charge in [-0.3, -0.25) is 4.79 Å². The predicted molar refractivity (Wildman–Crippen MR) is 62.5 cm³/mol. The Kier molecular flexibility index (Phi) is 5.09. The summed E-state index contributed by atoms with van der Waals surface area (Å²) in [4.78, 5) is 13.8. The van der Waals surface area contributed by atoms with Gasteiger partial charge in [0.25, 0.3) is 0 Å². The Morgan fingerprint density at radius 3 is 2.60 bits per heavy atom. The van der Waals surface area contributed by atoms with Crippen LogP contribution in [0.15, 0.2) is 0 Å². The van der Waals surface area contributed by atoms with Gasteiger partial charge in [0.05, 0.1) is 0 Å². The zero-order valence-electron chi connectivity index (χ0n) is 10.0. The van der Waals surface area contributed by atoms with Crippen LogP contribution in [0.1, 0.15) is 46.0 Å². The first-order valence-electron chi connectivity index (χ1n) is 6.14. The highest BCUT2D eigenvalue weighted by Gasteiger charge is 2.19. The molecule has 0 bridgehead atoms. The van der Waals surface area contributed by atoms with Crippen molar-refractivity contribution in [3.63, 3.8) is 0 Å². The van der Waals surface area contributed by atoms with Crippen molar-refractivity contribution < 1.29 is 4.79 Å². The van der Waals surface area contributed by atoms with E-state index in [1.165, 1.54) is 12.8 Å². The second-order valence-corrected chi connectivity index (χ2v) is 4.91. The molecule has 0 aromatic carbocycles. The number of nitrogens with zero attached hydrogens (tertiary/aromatic N) is 1. The fraction of sp³-hybridized carbons (Fsp3) is 0.917. The number of nitrogens with two attached hydrogens (primary N) is 1. The molecule has 3 nitrogen and oxygen atoms in total. The summed E-state index contributed by atoms with van der Waals surface area (Å²) in [7, 11) is 0. The fourth-order valence-electron chi connectivity index (χ4n) is 1.87. The van der Waals surface area contributed by atoms with Crippen LogP contribution < -0.4 is 5.73 Å². The van der Waals surface area contributed by atoms with Crippen molar-refractivity contribution in [3.8, 4) is 0 Å². The summed E-state index contributed by atoms with van der Waals surface area (Å²) in [5, 5.41) is 0. The second kappa shape index (κ2) is 6.11. The van der Waals surface area contributed by atoms with Crippen molar-refractivity contribution in [1.29, 1.82) is 0 Å². The molecule has 0 spiro atoms. The van der Waals surface area contributed by atoms with Crippen molar-refractivity contribution in [1.82, 2.24) is 4.90 Å². The number of likely N-dealkylation sites (tertiary alicyclic amines) is 1. The lowest BCUT2D eigenvalue weighted by atomic mass is 10.0. The zero-order valence-corrected chi connectivity index (χ0v) is 10.0. The third kappa shape index (κ3) is 4.20. The molecule has 88 valence electrons. The zero-order chi connectivity index (χ0) is 11.3. The van der Waals surface area contributed by atoms with Gasteiger partial charge in [-0.1, -0.05) is 26.7 Å². The van der Waals surface area contributed by atoms with Crippen LogP contribution in [0.2, 0.25) is 0 Å². The molecule has 1 amide bonds. The van der Waals surface area contributed by atoms with Crippen LogP contribution in [0, 0.1) is 5.92 Å². The van der Waals surface area contributed by atoms with E-state index in [-0.39, 0.29) is 6.04 Å². The molecule has 2 N–H and O–H groups in total. The van der Waals surface area contributed by atoms with E-state index >= 15 is 0 Å². The van der Waals surface area contributed by atoms with E-state index in [9.17, 15) is 4.79 Å². The molecule has 1 aliphatic rings. The van der Waals surface area contributed by atoms with Gasteiger partial charge in [-0.25, -0.2) is 0 Å². The number of amides is 1. The van der Waals surface area contributed by atoms with Gasteiger partial charge in [0.1, 0.15) is 0 Å². The molecule has 0 aromatic heterocycles. The Morgan fingerprint density at radius 2 is 1.93 bits per heavy atom. The highest BCUT2D eigenvalue weighted by molar-refractivity contribution is 5.76. The van der Waals surface area contributed by atoms with E-state index in [0.717, 1.165) is 25.9 Å². The topological polar surface area (TPSA) is 46.3 Å². The number of rotatable bonds is 3. The lowest BCUT2D eigenvalue weighted by Gasteiger charge is -2.29. The third-order valence-electron chi connectivity index (χ3n) is 3.21. The van der Waals surface area contributed by atoms with E-state index in [0.29, 0.717) is 18.2 Å². The van der Waals surface area contributed by atoms with Crippen LogP contribution in [0.5, 0.6) is 0 Å². The van der Waals surface area contributed by atoms with Crippen LogP contribution in [-0.2, 0) is 4.79 Å². The van der Waals surface area contributed by atoms with Gasteiger partial charge < -0.3 is 10.6 Å². The normalized spacial score (nSPS) is 21.3. The monoisotopic (exact) mass is 212 g/mol. The third-order valence-corrected chi connectivity index (χ3v) is 3.21. The smallest absolute Gasteiger partial charge is 0.222 e. The Labute approximate surface area is 93.0 Å². The van der Waals surface area contributed by atoms with Crippen LogP contribution in [0.4, 0.5) is 0 Å². The van der Waals surface area contributed by atoms with Gasteiger partial charge in [0.2, 0.25) is 5.91 Å². The van der Waals surface area contributed by atoms with Gasteiger partial charge >= 0.3 is 0 Å². The van der Waals surface area contributed by atoms with Crippen molar-refractivity contribution in [2.24, 2.45) is 11.7 Å². The Hall–Kier alpha value is -0.570. The first kappa shape index (κ1) is 12.5. The maximum Gasteiger partial charge on any atom is 0.222 e. The average molecular weight is 212 g/mol. The van der Waals surface area contributed by atoms with Crippen LogP contribution in [0.25, 0.3) is 0 Å². The molecule has 1 saturated heterocycles. The van der Waals surface area contributed by atoms with Crippen molar-refractivity contribution in [2.75, 3.05) is 13.1 Å². The van der Waals surface area contributed by atoms with E-state index in [1.54, 1.807) is 0 Å². The first-order chi connectivity index (χ1) is 7.11. The quantitative estimate of drug-likeness (QED) is 0.775. The fourth-order valence-corrected chi connectivity index (χ4v) is 1.87. The molecule has 1 fully saturated rings. The van der Waals surface area contributed by atoms with Gasteiger partial charge in [0.15, 0.2) is 0 Å². The van der Waals surface area contributed by atoms with Gasteiger partial charge in [-0.05, 0) is 18.8 Å². The Bertz CT molecular complexity index is 204. The molecular formula is C12H24N2O. The average Bonchev–Trinajstić information content (AvgIpc) is 2.17. The van der Waals surface area contributed by atoms with Crippen LogP contribution in [-0.4, -0.2) is 29.9 Å². The highest BCUT2D eigenvalue weighted by atomic mass is 16.2. The second-order valence-electron chi connectivity index (χ2n) is 4.91. The molecular weight excluding hydrogens is 188 g/mol. The van der Waals surface area contributed by atoms with Gasteiger partial charge in [-0.2, -0.15) is 0 Å². The largest absolute Gasteiger partial charge is 0.341 e.